The Hall–Kier alpha value is -1.24. The van der Waals surface area contributed by atoms with Crippen molar-refractivity contribution in [3.8, 4) is 11.5 Å². The summed E-state index contributed by atoms with van der Waals surface area (Å²) in [6, 6.07) is 10.3. The minimum atomic E-state index is 0.231. The van der Waals surface area contributed by atoms with Gasteiger partial charge in [0.1, 0.15) is 0 Å². The molecule has 4 nitrogen and oxygen atoms in total. The lowest BCUT2D eigenvalue weighted by Crippen LogP contribution is -2.18. The van der Waals surface area contributed by atoms with Crippen molar-refractivity contribution in [2.24, 2.45) is 0 Å². The van der Waals surface area contributed by atoms with Crippen LogP contribution in [0.2, 0.25) is 0 Å². The van der Waals surface area contributed by atoms with Gasteiger partial charge in [-0.05, 0) is 52.8 Å². The third kappa shape index (κ3) is 3.51. The number of fused-ring (bicyclic) bond motifs is 1. The quantitative estimate of drug-likeness (QED) is 0.818. The molecular formula is C15H15BrN2O2S. The summed E-state index contributed by atoms with van der Waals surface area (Å²) in [6.45, 7) is 0.306. The fourth-order valence-corrected chi connectivity index (χ4v) is 3.32. The summed E-state index contributed by atoms with van der Waals surface area (Å²) in [6.07, 6.45) is 1.82. The first-order valence-corrected chi connectivity index (χ1v) is 8.35. The highest BCUT2D eigenvalue weighted by Gasteiger charge is 2.17. The molecule has 1 aromatic heterocycles. The number of hydrogen-bond acceptors (Lipinski definition) is 5. The Labute approximate surface area is 136 Å². The van der Waals surface area contributed by atoms with E-state index in [1.165, 1.54) is 5.56 Å². The number of aromatic nitrogens is 1. The lowest BCUT2D eigenvalue weighted by molar-refractivity contribution is 0.174. The number of ether oxygens (including phenoxy) is 2. The summed E-state index contributed by atoms with van der Waals surface area (Å²) in [7, 11) is 1.96. The maximum atomic E-state index is 5.44. The number of nitrogens with zero attached hydrogens (tertiary/aromatic N) is 1. The minimum Gasteiger partial charge on any atom is -0.454 e. The molecule has 1 aliphatic heterocycles. The first-order chi connectivity index (χ1) is 10.3. The van der Waals surface area contributed by atoms with E-state index >= 15 is 0 Å². The number of rotatable bonds is 5. The average Bonchev–Trinajstić information content (AvgIpc) is 2.97. The minimum absolute atomic E-state index is 0.231. The lowest BCUT2D eigenvalue weighted by atomic mass is 10.1. The largest absolute Gasteiger partial charge is 0.454 e. The Morgan fingerprint density at radius 3 is 2.90 bits per heavy atom. The van der Waals surface area contributed by atoms with Crippen LogP contribution in [0.25, 0.3) is 0 Å². The maximum absolute atomic E-state index is 5.44. The van der Waals surface area contributed by atoms with Crippen LogP contribution in [0.4, 0.5) is 0 Å². The zero-order valence-corrected chi connectivity index (χ0v) is 13.9. The predicted octanol–water partition coefficient (Wildman–Crippen LogP) is 3.63. The van der Waals surface area contributed by atoms with Crippen molar-refractivity contribution in [1.29, 1.82) is 0 Å². The van der Waals surface area contributed by atoms with Gasteiger partial charge in [0.25, 0.3) is 0 Å². The van der Waals surface area contributed by atoms with Crippen molar-refractivity contribution in [3.05, 3.63) is 46.6 Å². The van der Waals surface area contributed by atoms with Gasteiger partial charge in [-0.15, -0.1) is 11.8 Å². The van der Waals surface area contributed by atoms with Gasteiger partial charge >= 0.3 is 0 Å². The van der Waals surface area contributed by atoms with Crippen molar-refractivity contribution in [2.75, 3.05) is 19.6 Å². The molecule has 6 heteroatoms. The second-order valence-corrected chi connectivity index (χ2v) is 6.54. The van der Waals surface area contributed by atoms with E-state index in [0.29, 0.717) is 6.79 Å². The van der Waals surface area contributed by atoms with Gasteiger partial charge in [-0.2, -0.15) is 0 Å². The molecule has 1 aromatic carbocycles. The van der Waals surface area contributed by atoms with Gasteiger partial charge in [-0.25, -0.2) is 4.98 Å². The van der Waals surface area contributed by atoms with Gasteiger partial charge in [0.15, 0.2) is 11.5 Å². The Balaban J connectivity index is 1.68. The summed E-state index contributed by atoms with van der Waals surface area (Å²) >= 11 is 5.12. The fourth-order valence-electron chi connectivity index (χ4n) is 2.09. The van der Waals surface area contributed by atoms with Crippen molar-refractivity contribution < 1.29 is 9.47 Å². The number of nitrogens with one attached hydrogen (secondary N) is 1. The maximum Gasteiger partial charge on any atom is 0.231 e. The van der Waals surface area contributed by atoms with E-state index in [4.69, 9.17) is 9.47 Å². The fraction of sp³-hybridized carbons (Fsp3) is 0.267. The second kappa shape index (κ2) is 6.68. The van der Waals surface area contributed by atoms with Gasteiger partial charge in [-0.1, -0.05) is 6.07 Å². The third-order valence-electron chi connectivity index (χ3n) is 3.25. The average molecular weight is 367 g/mol. The molecule has 1 N–H and O–H groups in total. The molecule has 110 valence electrons. The summed E-state index contributed by atoms with van der Waals surface area (Å²) in [5.74, 6) is 2.53. The van der Waals surface area contributed by atoms with E-state index in [2.05, 4.69) is 32.3 Å². The molecule has 0 amide bonds. The molecule has 0 fully saturated rings. The third-order valence-corrected chi connectivity index (χ3v) is 4.75. The van der Waals surface area contributed by atoms with Gasteiger partial charge < -0.3 is 14.8 Å². The lowest BCUT2D eigenvalue weighted by Gasteiger charge is -2.16. The van der Waals surface area contributed by atoms with Crippen molar-refractivity contribution in [2.45, 2.75) is 11.1 Å². The highest BCUT2D eigenvalue weighted by Crippen LogP contribution is 2.35. The van der Waals surface area contributed by atoms with Gasteiger partial charge in [-0.3, -0.25) is 0 Å². The zero-order chi connectivity index (χ0) is 14.7. The molecule has 0 radical (unpaired) electrons. The van der Waals surface area contributed by atoms with Crippen molar-refractivity contribution in [3.63, 3.8) is 0 Å². The Bertz CT molecular complexity index is 622. The van der Waals surface area contributed by atoms with E-state index in [1.54, 1.807) is 11.8 Å². The summed E-state index contributed by atoms with van der Waals surface area (Å²) < 4.78 is 11.8. The normalized spacial score (nSPS) is 14.2. The van der Waals surface area contributed by atoms with Gasteiger partial charge in [0.2, 0.25) is 6.79 Å². The first-order valence-electron chi connectivity index (χ1n) is 6.57. The Morgan fingerprint density at radius 2 is 2.14 bits per heavy atom. The van der Waals surface area contributed by atoms with Crippen LogP contribution in [0.5, 0.6) is 11.5 Å². The van der Waals surface area contributed by atoms with Crippen LogP contribution >= 0.6 is 27.7 Å². The van der Waals surface area contributed by atoms with Crippen molar-refractivity contribution >= 4 is 27.7 Å². The van der Waals surface area contributed by atoms with Crippen LogP contribution in [0.15, 0.2) is 46.0 Å². The van der Waals surface area contributed by atoms with E-state index in [0.717, 1.165) is 26.8 Å². The van der Waals surface area contributed by atoms with Crippen LogP contribution in [0.3, 0.4) is 0 Å². The molecule has 1 unspecified atom stereocenters. The standard InChI is InChI=1S/C15H15BrN2O2S/c1-17-12(8-21-15-5-3-11(16)7-18-15)10-2-4-13-14(6-10)20-9-19-13/h2-7,12,17H,8-9H2,1H3. The summed E-state index contributed by atoms with van der Waals surface area (Å²) in [5, 5.41) is 4.35. The molecule has 2 heterocycles. The number of pyridine rings is 1. The van der Waals surface area contributed by atoms with E-state index in [1.807, 2.05) is 37.5 Å². The van der Waals surface area contributed by atoms with Crippen LogP contribution in [-0.2, 0) is 0 Å². The smallest absolute Gasteiger partial charge is 0.231 e. The molecular weight excluding hydrogens is 352 g/mol. The molecule has 1 aliphatic rings. The van der Waals surface area contributed by atoms with Crippen LogP contribution in [-0.4, -0.2) is 24.6 Å². The molecule has 21 heavy (non-hydrogen) atoms. The Kier molecular flexibility index (Phi) is 4.67. The molecule has 0 aliphatic carbocycles. The van der Waals surface area contributed by atoms with E-state index in [9.17, 15) is 0 Å². The molecule has 2 aromatic rings. The van der Waals surface area contributed by atoms with Crippen LogP contribution in [0.1, 0.15) is 11.6 Å². The zero-order valence-electron chi connectivity index (χ0n) is 11.5. The topological polar surface area (TPSA) is 43.4 Å². The Morgan fingerprint density at radius 1 is 1.29 bits per heavy atom. The molecule has 1 atom stereocenters. The number of benzene rings is 1. The van der Waals surface area contributed by atoms with Crippen LogP contribution in [0, 0.1) is 0 Å². The van der Waals surface area contributed by atoms with Crippen molar-refractivity contribution in [1.82, 2.24) is 10.3 Å². The summed E-state index contributed by atoms with van der Waals surface area (Å²) in [4.78, 5) is 4.38. The van der Waals surface area contributed by atoms with E-state index < -0.39 is 0 Å². The second-order valence-electron chi connectivity index (χ2n) is 4.58. The molecule has 0 saturated heterocycles. The number of hydrogen-bond donors (Lipinski definition) is 1. The molecule has 0 bridgehead atoms. The van der Waals surface area contributed by atoms with Crippen LogP contribution < -0.4 is 14.8 Å². The monoisotopic (exact) mass is 366 g/mol. The van der Waals surface area contributed by atoms with E-state index in [-0.39, 0.29) is 6.04 Å². The number of thioether (sulfide) groups is 1. The van der Waals surface area contributed by atoms with Gasteiger partial charge in [0, 0.05) is 22.5 Å². The molecule has 0 spiro atoms. The molecule has 0 saturated carbocycles. The highest BCUT2D eigenvalue weighted by molar-refractivity contribution is 9.10. The molecule has 3 rings (SSSR count). The predicted molar refractivity (Wildman–Crippen MR) is 87.0 cm³/mol. The summed E-state index contributed by atoms with van der Waals surface area (Å²) in [5.41, 5.74) is 1.19. The van der Waals surface area contributed by atoms with Gasteiger partial charge in [0.05, 0.1) is 5.03 Å². The number of halogens is 1. The SMILES string of the molecule is CNC(CSc1ccc(Br)cn1)c1ccc2c(c1)OCO2. The highest BCUT2D eigenvalue weighted by atomic mass is 79.9. The first kappa shape index (κ1) is 14.7.